The SMILES string of the molecule is CCC(C)c1nccc2c(CC(=O)O)cccc12. The van der Waals surface area contributed by atoms with E-state index in [4.69, 9.17) is 5.11 Å². The van der Waals surface area contributed by atoms with Gasteiger partial charge in [-0.1, -0.05) is 32.0 Å². The zero-order valence-corrected chi connectivity index (χ0v) is 10.7. The van der Waals surface area contributed by atoms with Gasteiger partial charge in [-0.05, 0) is 29.4 Å². The average molecular weight is 243 g/mol. The molecule has 0 fully saturated rings. The smallest absolute Gasteiger partial charge is 0.307 e. The third-order valence-electron chi connectivity index (χ3n) is 3.35. The second kappa shape index (κ2) is 5.17. The van der Waals surface area contributed by atoms with Gasteiger partial charge in [-0.2, -0.15) is 0 Å². The Labute approximate surface area is 106 Å². The number of carboxylic acid groups (broad SMARTS) is 1. The first kappa shape index (κ1) is 12.6. The molecule has 94 valence electrons. The van der Waals surface area contributed by atoms with Crippen LogP contribution in [0.4, 0.5) is 0 Å². The Hall–Kier alpha value is -1.90. The van der Waals surface area contributed by atoms with E-state index >= 15 is 0 Å². The second-order valence-corrected chi connectivity index (χ2v) is 4.59. The Bertz CT molecular complexity index is 578. The van der Waals surface area contributed by atoms with Crippen LogP contribution >= 0.6 is 0 Å². The van der Waals surface area contributed by atoms with Gasteiger partial charge in [0.25, 0.3) is 0 Å². The summed E-state index contributed by atoms with van der Waals surface area (Å²) in [6.07, 6.45) is 2.85. The van der Waals surface area contributed by atoms with Crippen LogP contribution in [0.25, 0.3) is 10.8 Å². The summed E-state index contributed by atoms with van der Waals surface area (Å²) in [6.45, 7) is 4.28. The van der Waals surface area contributed by atoms with Gasteiger partial charge >= 0.3 is 5.97 Å². The molecule has 0 bridgehead atoms. The number of pyridine rings is 1. The van der Waals surface area contributed by atoms with Crippen molar-refractivity contribution in [3.63, 3.8) is 0 Å². The van der Waals surface area contributed by atoms with Gasteiger partial charge in [0.2, 0.25) is 0 Å². The third kappa shape index (κ3) is 2.35. The lowest BCUT2D eigenvalue weighted by atomic mass is 9.95. The molecule has 1 atom stereocenters. The second-order valence-electron chi connectivity index (χ2n) is 4.59. The molecule has 2 aromatic rings. The van der Waals surface area contributed by atoms with Crippen molar-refractivity contribution in [3.05, 3.63) is 41.7 Å². The van der Waals surface area contributed by atoms with E-state index < -0.39 is 5.97 Å². The van der Waals surface area contributed by atoms with Crippen LogP contribution in [-0.2, 0) is 11.2 Å². The summed E-state index contributed by atoms with van der Waals surface area (Å²) < 4.78 is 0. The van der Waals surface area contributed by atoms with E-state index in [0.717, 1.165) is 28.5 Å². The quantitative estimate of drug-likeness (QED) is 0.895. The molecule has 3 nitrogen and oxygen atoms in total. The normalized spacial score (nSPS) is 12.6. The molecule has 0 aliphatic carbocycles. The van der Waals surface area contributed by atoms with Gasteiger partial charge < -0.3 is 5.11 Å². The molecule has 0 aliphatic rings. The molecule has 3 heteroatoms. The van der Waals surface area contributed by atoms with Crippen LogP contribution < -0.4 is 0 Å². The topological polar surface area (TPSA) is 50.2 Å². The molecule has 0 saturated carbocycles. The molecule has 0 amide bonds. The van der Waals surface area contributed by atoms with E-state index in [0.29, 0.717) is 5.92 Å². The number of aromatic nitrogens is 1. The number of benzene rings is 1. The molecule has 1 heterocycles. The van der Waals surface area contributed by atoms with Crippen LogP contribution in [0.2, 0.25) is 0 Å². The predicted octanol–water partition coefficient (Wildman–Crippen LogP) is 3.38. The zero-order valence-electron chi connectivity index (χ0n) is 10.7. The summed E-state index contributed by atoms with van der Waals surface area (Å²) in [6, 6.07) is 7.71. The molecule has 0 aliphatic heterocycles. The lowest BCUT2D eigenvalue weighted by molar-refractivity contribution is -0.136. The first-order valence-electron chi connectivity index (χ1n) is 6.21. The fourth-order valence-corrected chi connectivity index (χ4v) is 2.20. The van der Waals surface area contributed by atoms with Gasteiger partial charge in [-0.15, -0.1) is 0 Å². The first-order valence-corrected chi connectivity index (χ1v) is 6.21. The Morgan fingerprint density at radius 3 is 2.78 bits per heavy atom. The van der Waals surface area contributed by atoms with Gasteiger partial charge in [-0.3, -0.25) is 9.78 Å². The Kier molecular flexibility index (Phi) is 3.60. The van der Waals surface area contributed by atoms with Crippen molar-refractivity contribution in [3.8, 4) is 0 Å². The van der Waals surface area contributed by atoms with Crippen LogP contribution in [0.5, 0.6) is 0 Å². The molecule has 0 radical (unpaired) electrons. The van der Waals surface area contributed by atoms with Crippen molar-refractivity contribution in [1.82, 2.24) is 4.98 Å². The van der Waals surface area contributed by atoms with Crippen molar-refractivity contribution in [2.75, 3.05) is 0 Å². The van der Waals surface area contributed by atoms with Crippen LogP contribution in [-0.4, -0.2) is 16.1 Å². The first-order chi connectivity index (χ1) is 8.63. The summed E-state index contributed by atoms with van der Waals surface area (Å²) in [5, 5.41) is 11.0. The maximum absolute atomic E-state index is 10.9. The van der Waals surface area contributed by atoms with Crippen molar-refractivity contribution >= 4 is 16.7 Å². The van der Waals surface area contributed by atoms with Crippen LogP contribution in [0.3, 0.4) is 0 Å². The van der Waals surface area contributed by atoms with E-state index in [1.807, 2.05) is 24.3 Å². The number of aliphatic carboxylic acids is 1. The van der Waals surface area contributed by atoms with Gasteiger partial charge in [0.15, 0.2) is 0 Å². The van der Waals surface area contributed by atoms with Crippen molar-refractivity contribution in [2.24, 2.45) is 0 Å². The number of hydrogen-bond donors (Lipinski definition) is 1. The summed E-state index contributed by atoms with van der Waals surface area (Å²) in [4.78, 5) is 15.3. The van der Waals surface area contributed by atoms with Crippen molar-refractivity contribution in [1.29, 1.82) is 0 Å². The number of nitrogens with zero attached hydrogens (tertiary/aromatic N) is 1. The maximum Gasteiger partial charge on any atom is 0.307 e. The Morgan fingerprint density at radius 1 is 1.33 bits per heavy atom. The predicted molar refractivity (Wildman–Crippen MR) is 71.8 cm³/mol. The molecule has 2 rings (SSSR count). The highest BCUT2D eigenvalue weighted by Crippen LogP contribution is 2.27. The number of hydrogen-bond acceptors (Lipinski definition) is 2. The number of carboxylic acids is 1. The van der Waals surface area contributed by atoms with E-state index in [1.165, 1.54) is 0 Å². The monoisotopic (exact) mass is 243 g/mol. The molecule has 18 heavy (non-hydrogen) atoms. The minimum Gasteiger partial charge on any atom is -0.481 e. The largest absolute Gasteiger partial charge is 0.481 e. The van der Waals surface area contributed by atoms with Crippen molar-refractivity contribution < 1.29 is 9.90 Å². The minimum absolute atomic E-state index is 0.0568. The Morgan fingerprint density at radius 2 is 2.11 bits per heavy atom. The van der Waals surface area contributed by atoms with E-state index in [2.05, 4.69) is 18.8 Å². The van der Waals surface area contributed by atoms with Gasteiger partial charge in [0, 0.05) is 11.6 Å². The molecule has 1 unspecified atom stereocenters. The highest BCUT2D eigenvalue weighted by Gasteiger charge is 2.12. The van der Waals surface area contributed by atoms with E-state index in [1.54, 1.807) is 6.20 Å². The summed E-state index contributed by atoms with van der Waals surface area (Å²) in [5.74, 6) is -0.418. The molecule has 0 spiro atoms. The molecule has 1 aromatic heterocycles. The van der Waals surface area contributed by atoms with Crippen LogP contribution in [0, 0.1) is 0 Å². The standard InChI is InChI=1S/C15H17NO2/c1-3-10(2)15-13-6-4-5-11(9-14(17)18)12(13)7-8-16-15/h4-8,10H,3,9H2,1-2H3,(H,17,18). The van der Waals surface area contributed by atoms with Crippen molar-refractivity contribution in [2.45, 2.75) is 32.6 Å². The maximum atomic E-state index is 10.9. The fourth-order valence-electron chi connectivity index (χ4n) is 2.20. The van der Waals surface area contributed by atoms with Gasteiger partial charge in [0.1, 0.15) is 0 Å². The van der Waals surface area contributed by atoms with E-state index in [9.17, 15) is 4.79 Å². The molecular formula is C15H17NO2. The number of fused-ring (bicyclic) bond motifs is 1. The Balaban J connectivity index is 2.61. The summed E-state index contributed by atoms with van der Waals surface area (Å²) in [7, 11) is 0. The fraction of sp³-hybridized carbons (Fsp3) is 0.333. The van der Waals surface area contributed by atoms with Gasteiger partial charge in [0.05, 0.1) is 12.1 Å². The molecule has 1 aromatic carbocycles. The summed E-state index contributed by atoms with van der Waals surface area (Å²) >= 11 is 0. The number of carbonyl (C=O) groups is 1. The van der Waals surface area contributed by atoms with E-state index in [-0.39, 0.29) is 6.42 Å². The highest BCUT2D eigenvalue weighted by atomic mass is 16.4. The summed E-state index contributed by atoms with van der Waals surface area (Å²) in [5.41, 5.74) is 1.91. The molecule has 0 saturated heterocycles. The third-order valence-corrected chi connectivity index (χ3v) is 3.35. The molecule has 1 N–H and O–H groups in total. The zero-order chi connectivity index (χ0) is 13.1. The average Bonchev–Trinajstić information content (AvgIpc) is 2.37. The highest BCUT2D eigenvalue weighted by molar-refractivity contribution is 5.90. The van der Waals surface area contributed by atoms with Gasteiger partial charge in [-0.25, -0.2) is 0 Å². The lowest BCUT2D eigenvalue weighted by Gasteiger charge is -2.13. The lowest BCUT2D eigenvalue weighted by Crippen LogP contribution is -2.02. The van der Waals surface area contributed by atoms with Crippen LogP contribution in [0.1, 0.15) is 37.4 Å². The van der Waals surface area contributed by atoms with Crippen LogP contribution in [0.15, 0.2) is 30.5 Å². The minimum atomic E-state index is -0.801. The number of rotatable bonds is 4. The molecular weight excluding hydrogens is 226 g/mol.